The summed E-state index contributed by atoms with van der Waals surface area (Å²) >= 11 is 0. The van der Waals surface area contributed by atoms with E-state index in [-0.39, 0.29) is 24.6 Å². The summed E-state index contributed by atoms with van der Waals surface area (Å²) in [6.07, 6.45) is 0.328. The molecule has 0 unspecified atom stereocenters. The minimum absolute atomic E-state index is 0.0134. The number of carbonyl (C=O) groups excluding carboxylic acids is 1. The van der Waals surface area contributed by atoms with Crippen molar-refractivity contribution in [2.24, 2.45) is 0 Å². The van der Waals surface area contributed by atoms with E-state index in [1.807, 2.05) is 0 Å². The van der Waals surface area contributed by atoms with E-state index < -0.39 is 10.9 Å². The van der Waals surface area contributed by atoms with Crippen molar-refractivity contribution in [3.05, 3.63) is 39.9 Å². The van der Waals surface area contributed by atoms with Gasteiger partial charge in [-0.15, -0.1) is 0 Å². The fourth-order valence-electron chi connectivity index (χ4n) is 1.28. The lowest BCUT2D eigenvalue weighted by molar-refractivity contribution is -0.384. The van der Waals surface area contributed by atoms with Gasteiger partial charge in [0.25, 0.3) is 11.6 Å². The highest BCUT2D eigenvalue weighted by Crippen LogP contribution is 2.11. The Bertz CT molecular complexity index is 455. The van der Waals surface area contributed by atoms with E-state index in [2.05, 4.69) is 5.32 Å². The summed E-state index contributed by atoms with van der Waals surface area (Å²) in [4.78, 5) is 31.6. The van der Waals surface area contributed by atoms with Crippen LogP contribution in [0.5, 0.6) is 0 Å². The molecule has 0 bridgehead atoms. The van der Waals surface area contributed by atoms with Crippen LogP contribution in [0.3, 0.4) is 0 Å². The number of nitro benzene ring substituents is 1. The number of hydrogen-bond donors (Lipinski definition) is 2. The van der Waals surface area contributed by atoms with Crippen molar-refractivity contribution in [3.8, 4) is 0 Å². The van der Waals surface area contributed by atoms with Gasteiger partial charge in [0, 0.05) is 30.7 Å². The number of hydrogen-bond acceptors (Lipinski definition) is 4. The van der Waals surface area contributed by atoms with Gasteiger partial charge in [-0.1, -0.05) is 0 Å². The van der Waals surface area contributed by atoms with Crippen LogP contribution in [0.1, 0.15) is 23.2 Å². The Hall–Kier alpha value is -2.44. The summed E-state index contributed by atoms with van der Waals surface area (Å²) in [6.45, 7) is 0.252. The summed E-state index contributed by atoms with van der Waals surface area (Å²) in [5.74, 6) is -1.30. The predicted molar refractivity (Wildman–Crippen MR) is 62.3 cm³/mol. The van der Waals surface area contributed by atoms with Crippen LogP contribution in [0.15, 0.2) is 24.3 Å². The van der Waals surface area contributed by atoms with Gasteiger partial charge in [0.1, 0.15) is 0 Å². The first-order chi connectivity index (χ1) is 8.50. The zero-order valence-electron chi connectivity index (χ0n) is 9.46. The van der Waals surface area contributed by atoms with E-state index in [0.717, 1.165) is 0 Å². The molecule has 0 radical (unpaired) electrons. The third-order valence-corrected chi connectivity index (χ3v) is 2.19. The first-order valence-electron chi connectivity index (χ1n) is 5.25. The van der Waals surface area contributed by atoms with Crippen LogP contribution in [0.25, 0.3) is 0 Å². The molecular formula is C11H12N2O5. The van der Waals surface area contributed by atoms with Gasteiger partial charge in [-0.05, 0) is 18.6 Å². The smallest absolute Gasteiger partial charge is 0.303 e. The number of carboxylic acid groups (broad SMARTS) is 1. The largest absolute Gasteiger partial charge is 0.481 e. The Balaban J connectivity index is 2.46. The Labute approximate surface area is 103 Å². The number of nitro groups is 1. The molecule has 0 saturated heterocycles. The molecule has 1 amide bonds. The molecule has 0 aromatic heterocycles. The van der Waals surface area contributed by atoms with Crippen LogP contribution in [-0.4, -0.2) is 28.5 Å². The Morgan fingerprint density at radius 3 is 2.39 bits per heavy atom. The minimum atomic E-state index is -0.917. The molecule has 0 atom stereocenters. The lowest BCUT2D eigenvalue weighted by Gasteiger charge is -2.03. The number of aliphatic carboxylic acids is 1. The topological polar surface area (TPSA) is 110 Å². The summed E-state index contributed by atoms with van der Waals surface area (Å²) in [7, 11) is 0. The number of nitrogens with one attached hydrogen (secondary N) is 1. The number of nitrogens with zero attached hydrogens (tertiary/aromatic N) is 1. The highest BCUT2D eigenvalue weighted by atomic mass is 16.6. The number of benzene rings is 1. The molecule has 2 N–H and O–H groups in total. The molecule has 0 aliphatic rings. The molecule has 7 nitrogen and oxygen atoms in total. The molecule has 1 rings (SSSR count). The van der Waals surface area contributed by atoms with Crippen molar-refractivity contribution in [2.75, 3.05) is 6.54 Å². The van der Waals surface area contributed by atoms with Crippen molar-refractivity contribution in [1.29, 1.82) is 0 Å². The molecule has 0 aliphatic carbocycles. The maximum absolute atomic E-state index is 11.5. The molecule has 18 heavy (non-hydrogen) atoms. The number of carbonyl (C=O) groups is 2. The van der Waals surface area contributed by atoms with Crippen LogP contribution in [-0.2, 0) is 4.79 Å². The average molecular weight is 252 g/mol. The molecule has 0 spiro atoms. The quantitative estimate of drug-likeness (QED) is 0.449. The van der Waals surface area contributed by atoms with E-state index in [1.165, 1.54) is 24.3 Å². The van der Waals surface area contributed by atoms with Gasteiger partial charge >= 0.3 is 5.97 Å². The molecule has 0 saturated carbocycles. The highest BCUT2D eigenvalue weighted by Gasteiger charge is 2.08. The zero-order valence-corrected chi connectivity index (χ0v) is 9.46. The fourth-order valence-corrected chi connectivity index (χ4v) is 1.28. The van der Waals surface area contributed by atoms with Crippen molar-refractivity contribution >= 4 is 17.6 Å². The monoisotopic (exact) mass is 252 g/mol. The van der Waals surface area contributed by atoms with Crippen molar-refractivity contribution < 1.29 is 19.6 Å². The van der Waals surface area contributed by atoms with Crippen LogP contribution in [0.2, 0.25) is 0 Å². The van der Waals surface area contributed by atoms with Crippen molar-refractivity contribution in [2.45, 2.75) is 12.8 Å². The van der Waals surface area contributed by atoms with Gasteiger partial charge in [0.2, 0.25) is 0 Å². The van der Waals surface area contributed by atoms with E-state index in [9.17, 15) is 19.7 Å². The molecule has 0 aliphatic heterocycles. The number of rotatable bonds is 6. The molecule has 7 heteroatoms. The predicted octanol–water partition coefficient (Wildman–Crippen LogP) is 1.19. The van der Waals surface area contributed by atoms with E-state index in [4.69, 9.17) is 5.11 Å². The molecule has 1 aromatic carbocycles. The second-order valence-corrected chi connectivity index (χ2v) is 3.56. The third-order valence-electron chi connectivity index (χ3n) is 2.19. The normalized spacial score (nSPS) is 9.78. The number of non-ortho nitro benzene ring substituents is 1. The molecule has 1 aromatic rings. The highest BCUT2D eigenvalue weighted by molar-refractivity contribution is 5.94. The van der Waals surface area contributed by atoms with E-state index in [0.29, 0.717) is 12.0 Å². The molecular weight excluding hydrogens is 240 g/mol. The lowest BCUT2D eigenvalue weighted by atomic mass is 10.2. The Morgan fingerprint density at radius 1 is 1.28 bits per heavy atom. The molecule has 96 valence electrons. The van der Waals surface area contributed by atoms with Gasteiger partial charge in [0.05, 0.1) is 4.92 Å². The van der Waals surface area contributed by atoms with Gasteiger partial charge in [-0.3, -0.25) is 19.7 Å². The summed E-state index contributed by atoms with van der Waals surface area (Å²) in [5, 5.41) is 21.3. The second-order valence-electron chi connectivity index (χ2n) is 3.56. The van der Waals surface area contributed by atoms with Crippen LogP contribution >= 0.6 is 0 Å². The molecule has 0 heterocycles. The first kappa shape index (κ1) is 13.6. The minimum Gasteiger partial charge on any atom is -0.481 e. The second kappa shape index (κ2) is 6.33. The molecule has 0 fully saturated rings. The van der Waals surface area contributed by atoms with Crippen molar-refractivity contribution in [3.63, 3.8) is 0 Å². The maximum atomic E-state index is 11.5. The Kier molecular flexibility index (Phi) is 4.79. The first-order valence-corrected chi connectivity index (χ1v) is 5.25. The summed E-state index contributed by atoms with van der Waals surface area (Å²) in [5.41, 5.74) is 0.216. The number of carboxylic acids is 1. The number of amides is 1. The zero-order chi connectivity index (χ0) is 13.5. The van der Waals surface area contributed by atoms with Gasteiger partial charge in [-0.25, -0.2) is 0 Å². The van der Waals surface area contributed by atoms with Gasteiger partial charge < -0.3 is 10.4 Å². The fraction of sp³-hybridized carbons (Fsp3) is 0.273. The summed E-state index contributed by atoms with van der Waals surface area (Å²) in [6, 6.07) is 5.19. The maximum Gasteiger partial charge on any atom is 0.303 e. The van der Waals surface area contributed by atoms with Gasteiger partial charge in [0.15, 0.2) is 0 Å². The van der Waals surface area contributed by atoms with Crippen molar-refractivity contribution in [1.82, 2.24) is 5.32 Å². The average Bonchev–Trinajstić information content (AvgIpc) is 2.34. The Morgan fingerprint density at radius 2 is 1.89 bits per heavy atom. The van der Waals surface area contributed by atoms with E-state index >= 15 is 0 Å². The third kappa shape index (κ3) is 4.20. The van der Waals surface area contributed by atoms with Crippen LogP contribution in [0.4, 0.5) is 5.69 Å². The SMILES string of the molecule is O=C(O)CCCNC(=O)c1ccc([N+](=O)[O-])cc1. The van der Waals surface area contributed by atoms with Gasteiger partial charge in [-0.2, -0.15) is 0 Å². The van der Waals surface area contributed by atoms with Crippen LogP contribution in [0, 0.1) is 10.1 Å². The standard InChI is InChI=1S/C11H12N2O5/c14-10(15)2-1-7-12-11(16)8-3-5-9(6-4-8)13(17)18/h3-6H,1-2,7H2,(H,12,16)(H,14,15). The van der Waals surface area contributed by atoms with Crippen LogP contribution < -0.4 is 5.32 Å². The lowest BCUT2D eigenvalue weighted by Crippen LogP contribution is -2.24. The summed E-state index contributed by atoms with van der Waals surface area (Å²) < 4.78 is 0. The van der Waals surface area contributed by atoms with E-state index in [1.54, 1.807) is 0 Å².